The first-order valence-electron chi connectivity index (χ1n) is 8.75. The molecular weight excluding hydrogens is 248 g/mol. The second kappa shape index (κ2) is 9.41. The molecule has 1 unspecified atom stereocenters. The van der Waals surface area contributed by atoms with Crippen LogP contribution in [0.5, 0.6) is 0 Å². The molecule has 20 heavy (non-hydrogen) atoms. The first-order valence-corrected chi connectivity index (χ1v) is 8.75. The molecule has 0 spiro atoms. The molecule has 120 valence electrons. The van der Waals surface area contributed by atoms with Crippen LogP contribution >= 0.6 is 0 Å². The second-order valence-corrected chi connectivity index (χ2v) is 6.15. The van der Waals surface area contributed by atoms with Gasteiger partial charge in [-0.05, 0) is 51.9 Å². The first kappa shape index (κ1) is 19.5. The predicted molar refractivity (Wildman–Crippen MR) is 86.9 cm³/mol. The number of hydrogen-bond acceptors (Lipinski definition) is 2. The van der Waals surface area contributed by atoms with E-state index in [2.05, 4.69) is 27.7 Å². The zero-order valence-corrected chi connectivity index (χ0v) is 14.7. The maximum Gasteiger partial charge on any atom is 0.312 e. The summed E-state index contributed by atoms with van der Waals surface area (Å²) in [7, 11) is 0. The van der Waals surface area contributed by atoms with E-state index in [0.717, 1.165) is 38.5 Å². The Morgan fingerprint density at radius 2 is 1.65 bits per heavy atom. The summed E-state index contributed by atoms with van der Waals surface area (Å²) in [4.78, 5) is 12.5. The van der Waals surface area contributed by atoms with E-state index in [9.17, 15) is 4.79 Å². The quantitative estimate of drug-likeness (QED) is 0.569. The van der Waals surface area contributed by atoms with Crippen LogP contribution in [0.2, 0.25) is 0 Å². The normalized spacial score (nSPS) is 20.3. The number of carbonyl (C=O) groups excluding carboxylic acids is 1. The van der Waals surface area contributed by atoms with Gasteiger partial charge in [0.25, 0.3) is 0 Å². The van der Waals surface area contributed by atoms with Gasteiger partial charge in [0.15, 0.2) is 0 Å². The van der Waals surface area contributed by atoms with Crippen LogP contribution in [0.1, 0.15) is 99.3 Å². The third-order valence-corrected chi connectivity index (χ3v) is 4.79. The van der Waals surface area contributed by atoms with Crippen LogP contribution < -0.4 is 0 Å². The van der Waals surface area contributed by atoms with E-state index in [1.807, 2.05) is 13.8 Å². The monoisotopic (exact) mass is 284 g/mol. The Kier molecular flexibility index (Phi) is 9.16. The van der Waals surface area contributed by atoms with Crippen molar-refractivity contribution in [3.05, 3.63) is 0 Å². The van der Waals surface area contributed by atoms with Crippen LogP contribution in [0, 0.1) is 5.41 Å². The molecule has 0 bridgehead atoms. The molecule has 1 atom stereocenters. The zero-order chi connectivity index (χ0) is 15.6. The van der Waals surface area contributed by atoms with E-state index >= 15 is 0 Å². The van der Waals surface area contributed by atoms with Crippen molar-refractivity contribution in [2.75, 3.05) is 0 Å². The standard InChI is InChI=1S/C16H30O2.C2H6/c1-5-11-15(4,6-2)14(17)18-16(7-3)12-9-8-10-13-16;1-2/h5-13H2,1-4H3;1-2H3. The SMILES string of the molecule is CC.CCCC(C)(CC)C(=O)OC1(CC)CCCCC1. The lowest BCUT2D eigenvalue weighted by Gasteiger charge is -2.39. The molecule has 1 rings (SSSR count). The fourth-order valence-electron chi connectivity index (χ4n) is 3.02. The maximum absolute atomic E-state index is 12.5. The van der Waals surface area contributed by atoms with Crippen molar-refractivity contribution in [2.45, 2.75) is 105 Å². The molecule has 1 aliphatic rings. The Morgan fingerprint density at radius 1 is 1.10 bits per heavy atom. The van der Waals surface area contributed by atoms with Crippen LogP contribution in [-0.2, 0) is 9.53 Å². The third kappa shape index (κ3) is 5.10. The van der Waals surface area contributed by atoms with Gasteiger partial charge in [-0.15, -0.1) is 0 Å². The van der Waals surface area contributed by atoms with Crippen LogP contribution in [0.25, 0.3) is 0 Å². The molecule has 0 aromatic heterocycles. The second-order valence-electron chi connectivity index (χ2n) is 6.15. The molecule has 0 heterocycles. The van der Waals surface area contributed by atoms with Crippen LogP contribution in [0.15, 0.2) is 0 Å². The summed E-state index contributed by atoms with van der Waals surface area (Å²) in [6.07, 6.45) is 9.63. The van der Waals surface area contributed by atoms with E-state index in [1.54, 1.807) is 0 Å². The number of ether oxygens (including phenoxy) is 1. The Bertz CT molecular complexity index is 267. The van der Waals surface area contributed by atoms with Gasteiger partial charge in [-0.2, -0.15) is 0 Å². The summed E-state index contributed by atoms with van der Waals surface area (Å²) in [6.45, 7) is 12.4. The number of rotatable bonds is 6. The van der Waals surface area contributed by atoms with Gasteiger partial charge in [0.05, 0.1) is 5.41 Å². The molecule has 1 aliphatic carbocycles. The van der Waals surface area contributed by atoms with Crippen molar-refractivity contribution < 1.29 is 9.53 Å². The Labute approximate surface area is 126 Å². The highest BCUT2D eigenvalue weighted by Gasteiger charge is 2.40. The van der Waals surface area contributed by atoms with Crippen molar-refractivity contribution in [2.24, 2.45) is 5.41 Å². The summed E-state index contributed by atoms with van der Waals surface area (Å²) in [5.74, 6) is 0.0376. The lowest BCUT2D eigenvalue weighted by molar-refractivity contribution is -0.176. The summed E-state index contributed by atoms with van der Waals surface area (Å²) in [5.41, 5.74) is -0.437. The highest BCUT2D eigenvalue weighted by atomic mass is 16.6. The molecule has 0 saturated heterocycles. The van der Waals surface area contributed by atoms with Gasteiger partial charge >= 0.3 is 5.97 Å². The molecule has 0 radical (unpaired) electrons. The topological polar surface area (TPSA) is 26.3 Å². The lowest BCUT2D eigenvalue weighted by Crippen LogP contribution is -2.41. The minimum atomic E-state index is -0.283. The predicted octanol–water partition coefficient (Wildman–Crippen LogP) is 5.89. The first-order chi connectivity index (χ1) is 9.52. The number of hydrogen-bond donors (Lipinski definition) is 0. The van der Waals surface area contributed by atoms with Crippen LogP contribution in [-0.4, -0.2) is 11.6 Å². The Hall–Kier alpha value is -0.530. The van der Waals surface area contributed by atoms with E-state index < -0.39 is 0 Å². The maximum atomic E-state index is 12.5. The molecule has 2 nitrogen and oxygen atoms in total. The van der Waals surface area contributed by atoms with Crippen molar-refractivity contribution in [3.8, 4) is 0 Å². The summed E-state index contributed by atoms with van der Waals surface area (Å²) < 4.78 is 6.00. The van der Waals surface area contributed by atoms with Crippen LogP contribution in [0.3, 0.4) is 0 Å². The molecular formula is C18H36O2. The van der Waals surface area contributed by atoms with E-state index in [-0.39, 0.29) is 17.0 Å². The largest absolute Gasteiger partial charge is 0.459 e. The molecule has 0 aliphatic heterocycles. The average molecular weight is 284 g/mol. The summed E-state index contributed by atoms with van der Waals surface area (Å²) in [6, 6.07) is 0. The van der Waals surface area contributed by atoms with Gasteiger partial charge in [0.2, 0.25) is 0 Å². The van der Waals surface area contributed by atoms with Crippen LogP contribution in [0.4, 0.5) is 0 Å². The highest BCUT2D eigenvalue weighted by Crippen LogP contribution is 2.38. The van der Waals surface area contributed by atoms with E-state index in [1.165, 1.54) is 19.3 Å². The fraction of sp³-hybridized carbons (Fsp3) is 0.944. The Balaban J connectivity index is 0.00000172. The zero-order valence-electron chi connectivity index (χ0n) is 14.7. The highest BCUT2D eigenvalue weighted by molar-refractivity contribution is 5.76. The minimum absolute atomic E-state index is 0.0376. The number of carbonyl (C=O) groups is 1. The Morgan fingerprint density at radius 3 is 2.05 bits per heavy atom. The molecule has 0 aromatic carbocycles. The van der Waals surface area contributed by atoms with Gasteiger partial charge < -0.3 is 4.74 Å². The van der Waals surface area contributed by atoms with Crippen molar-refractivity contribution >= 4 is 5.97 Å². The van der Waals surface area contributed by atoms with Gasteiger partial charge in [-0.25, -0.2) is 0 Å². The van der Waals surface area contributed by atoms with Gasteiger partial charge in [-0.3, -0.25) is 4.79 Å². The molecule has 1 saturated carbocycles. The van der Waals surface area contributed by atoms with Crippen molar-refractivity contribution in [1.82, 2.24) is 0 Å². The number of esters is 1. The van der Waals surface area contributed by atoms with E-state index in [4.69, 9.17) is 4.74 Å². The molecule has 2 heteroatoms. The lowest BCUT2D eigenvalue weighted by atomic mass is 9.80. The van der Waals surface area contributed by atoms with Crippen molar-refractivity contribution in [1.29, 1.82) is 0 Å². The summed E-state index contributed by atoms with van der Waals surface area (Å²) in [5, 5.41) is 0. The molecule has 0 amide bonds. The average Bonchev–Trinajstić information content (AvgIpc) is 2.50. The molecule has 1 fully saturated rings. The third-order valence-electron chi connectivity index (χ3n) is 4.79. The smallest absolute Gasteiger partial charge is 0.312 e. The van der Waals surface area contributed by atoms with E-state index in [0.29, 0.717) is 0 Å². The van der Waals surface area contributed by atoms with Gasteiger partial charge in [0, 0.05) is 0 Å². The fourth-order valence-corrected chi connectivity index (χ4v) is 3.02. The summed E-state index contributed by atoms with van der Waals surface area (Å²) >= 11 is 0. The molecule has 0 aromatic rings. The molecule has 0 N–H and O–H groups in total. The van der Waals surface area contributed by atoms with Crippen molar-refractivity contribution in [3.63, 3.8) is 0 Å². The minimum Gasteiger partial charge on any atom is -0.459 e. The van der Waals surface area contributed by atoms with Gasteiger partial charge in [-0.1, -0.05) is 47.5 Å². The van der Waals surface area contributed by atoms with Gasteiger partial charge in [0.1, 0.15) is 5.60 Å².